The van der Waals surface area contributed by atoms with Crippen molar-refractivity contribution in [3.05, 3.63) is 42.0 Å². The summed E-state index contributed by atoms with van der Waals surface area (Å²) in [4.78, 5) is 23.8. The summed E-state index contributed by atoms with van der Waals surface area (Å²) < 4.78 is 16.8. The molecule has 2 atom stereocenters. The van der Waals surface area contributed by atoms with Gasteiger partial charge in [-0.25, -0.2) is 0 Å². The molecule has 0 radical (unpaired) electrons. The molecule has 2 unspecified atom stereocenters. The summed E-state index contributed by atoms with van der Waals surface area (Å²) in [5, 5.41) is 7.52. The highest BCUT2D eigenvalue weighted by Crippen LogP contribution is 2.41. The molecule has 3 heterocycles. The fourth-order valence-corrected chi connectivity index (χ4v) is 5.30. The number of nitrogens with one attached hydrogen (secondary N) is 1. The predicted octanol–water partition coefficient (Wildman–Crippen LogP) is 3.54. The molecule has 0 bridgehead atoms. The van der Waals surface area contributed by atoms with Crippen LogP contribution in [-0.4, -0.2) is 82.1 Å². The van der Waals surface area contributed by atoms with Gasteiger partial charge in [0.2, 0.25) is 0 Å². The maximum atomic E-state index is 13.4. The monoisotopic (exact) mass is 508 g/mol. The van der Waals surface area contributed by atoms with Crippen LogP contribution < -0.4 is 24.4 Å². The van der Waals surface area contributed by atoms with E-state index in [0.717, 1.165) is 55.4 Å². The average molecular weight is 509 g/mol. The predicted molar refractivity (Wildman–Crippen MR) is 144 cm³/mol. The number of Topliss-reactive ketones (excluding diaryl/α,β-unsaturated/α-hetero) is 1. The van der Waals surface area contributed by atoms with Crippen LogP contribution in [0.4, 0.5) is 11.4 Å². The number of carbonyl (C=O) groups is 1. The molecule has 0 amide bonds. The first-order valence-corrected chi connectivity index (χ1v) is 13.0. The van der Waals surface area contributed by atoms with Crippen molar-refractivity contribution in [2.45, 2.75) is 38.4 Å². The normalized spacial score (nSPS) is 21.2. The van der Waals surface area contributed by atoms with E-state index >= 15 is 0 Å². The number of rotatable bonds is 9. The van der Waals surface area contributed by atoms with Gasteiger partial charge in [0.15, 0.2) is 17.3 Å². The fourth-order valence-electron chi connectivity index (χ4n) is 5.30. The molecule has 2 aromatic carbocycles. The van der Waals surface area contributed by atoms with Gasteiger partial charge in [-0.05, 0) is 37.6 Å². The Bertz CT molecular complexity index is 1160. The second-order valence-corrected chi connectivity index (χ2v) is 9.98. The third-order valence-corrected chi connectivity index (χ3v) is 7.16. The summed E-state index contributed by atoms with van der Waals surface area (Å²) in [6, 6.07) is 12.0. The lowest BCUT2D eigenvalue weighted by atomic mass is 9.92. The van der Waals surface area contributed by atoms with Crippen molar-refractivity contribution in [3.63, 3.8) is 0 Å². The number of ether oxygens (including phenoxy) is 3. The van der Waals surface area contributed by atoms with Crippen molar-refractivity contribution in [1.82, 2.24) is 4.90 Å². The number of benzene rings is 2. The van der Waals surface area contributed by atoms with Gasteiger partial charge in [-0.15, -0.1) is 0 Å². The van der Waals surface area contributed by atoms with Crippen molar-refractivity contribution in [1.29, 1.82) is 0 Å². The number of methoxy groups -OCH3 is 2. The smallest absolute Gasteiger partial charge is 0.189 e. The second-order valence-electron chi connectivity index (χ2n) is 9.98. The Balaban J connectivity index is 1.15. The van der Waals surface area contributed by atoms with Crippen LogP contribution in [0.15, 0.2) is 41.6 Å². The molecule has 0 saturated carbocycles. The van der Waals surface area contributed by atoms with E-state index in [0.29, 0.717) is 30.2 Å². The Morgan fingerprint density at radius 1 is 1.08 bits per heavy atom. The lowest BCUT2D eigenvalue weighted by Crippen LogP contribution is -2.48. The molecular weight excluding hydrogens is 472 g/mol. The zero-order chi connectivity index (χ0) is 25.9. The van der Waals surface area contributed by atoms with E-state index < -0.39 is 0 Å². The van der Waals surface area contributed by atoms with Crippen LogP contribution in [-0.2, 0) is 9.63 Å². The van der Waals surface area contributed by atoms with E-state index in [2.05, 4.69) is 32.4 Å². The van der Waals surface area contributed by atoms with Gasteiger partial charge < -0.3 is 29.3 Å². The number of hydrogen-bond donors (Lipinski definition) is 1. The van der Waals surface area contributed by atoms with Crippen LogP contribution in [0, 0.1) is 0 Å². The fraction of sp³-hybridized carbons (Fsp3) is 0.500. The van der Waals surface area contributed by atoms with Crippen LogP contribution in [0.1, 0.15) is 31.7 Å². The first kappa shape index (κ1) is 25.2. The molecule has 2 aromatic rings. The topological polar surface area (TPSA) is 84.9 Å². The SMILES string of the molecule is COc1cc2c(cc1OC)C(C(=O)C1=NOC(CN3CCN(c4ccccc4OC(C)C)CC3)C1)CN2. The van der Waals surface area contributed by atoms with Crippen LogP contribution >= 0.6 is 0 Å². The average Bonchev–Trinajstić information content (AvgIpc) is 3.55. The number of ketones is 1. The highest BCUT2D eigenvalue weighted by Gasteiger charge is 2.37. The molecule has 1 N–H and O–H groups in total. The molecule has 37 heavy (non-hydrogen) atoms. The van der Waals surface area contributed by atoms with E-state index in [-0.39, 0.29) is 23.9 Å². The quantitative estimate of drug-likeness (QED) is 0.551. The van der Waals surface area contributed by atoms with E-state index in [1.807, 2.05) is 38.1 Å². The number of carbonyl (C=O) groups excluding carboxylic acids is 1. The highest BCUT2D eigenvalue weighted by atomic mass is 16.6. The van der Waals surface area contributed by atoms with Gasteiger partial charge in [-0.2, -0.15) is 0 Å². The molecule has 9 nitrogen and oxygen atoms in total. The molecule has 0 aliphatic carbocycles. The van der Waals surface area contributed by atoms with Crippen molar-refractivity contribution in [2.75, 3.05) is 63.7 Å². The van der Waals surface area contributed by atoms with Gasteiger partial charge in [-0.3, -0.25) is 9.69 Å². The summed E-state index contributed by atoms with van der Waals surface area (Å²) in [7, 11) is 3.20. The van der Waals surface area contributed by atoms with Crippen molar-refractivity contribution < 1.29 is 23.8 Å². The Labute approximate surface area is 218 Å². The molecule has 0 aromatic heterocycles. The third-order valence-electron chi connectivity index (χ3n) is 7.16. The van der Waals surface area contributed by atoms with Gasteiger partial charge in [0.1, 0.15) is 17.6 Å². The number of nitrogens with zero attached hydrogens (tertiary/aromatic N) is 3. The molecule has 9 heteroatoms. The van der Waals surface area contributed by atoms with Gasteiger partial charge in [0, 0.05) is 57.4 Å². The Morgan fingerprint density at radius 2 is 1.81 bits per heavy atom. The lowest BCUT2D eigenvalue weighted by Gasteiger charge is -2.37. The Morgan fingerprint density at radius 3 is 2.54 bits per heavy atom. The van der Waals surface area contributed by atoms with E-state index in [1.54, 1.807) is 14.2 Å². The summed E-state index contributed by atoms with van der Waals surface area (Å²) >= 11 is 0. The minimum atomic E-state index is -0.312. The lowest BCUT2D eigenvalue weighted by molar-refractivity contribution is -0.114. The number of hydrogen-bond acceptors (Lipinski definition) is 9. The maximum absolute atomic E-state index is 13.4. The molecule has 198 valence electrons. The van der Waals surface area contributed by atoms with Gasteiger partial charge in [0.25, 0.3) is 0 Å². The molecule has 5 rings (SSSR count). The molecular formula is C28H36N4O5. The number of para-hydroxylation sites is 2. The van der Waals surface area contributed by atoms with Gasteiger partial charge in [-0.1, -0.05) is 17.3 Å². The van der Waals surface area contributed by atoms with Crippen LogP contribution in [0.25, 0.3) is 0 Å². The van der Waals surface area contributed by atoms with E-state index in [9.17, 15) is 4.79 Å². The van der Waals surface area contributed by atoms with Crippen molar-refractivity contribution in [2.24, 2.45) is 5.16 Å². The number of fused-ring (bicyclic) bond motifs is 1. The minimum Gasteiger partial charge on any atom is -0.493 e. The van der Waals surface area contributed by atoms with Gasteiger partial charge in [0.05, 0.1) is 31.9 Å². The van der Waals surface area contributed by atoms with Crippen molar-refractivity contribution in [3.8, 4) is 17.2 Å². The Hall–Kier alpha value is -3.46. The zero-order valence-corrected chi connectivity index (χ0v) is 22.0. The van der Waals surface area contributed by atoms with Crippen LogP contribution in [0.2, 0.25) is 0 Å². The minimum absolute atomic E-state index is 0.00699. The zero-order valence-electron chi connectivity index (χ0n) is 22.0. The summed E-state index contributed by atoms with van der Waals surface area (Å²) in [5.74, 6) is 1.88. The standard InChI is InChI=1S/C28H36N4O5/c1-18(2)36-25-8-6-5-7-24(25)32-11-9-31(10-12-32)17-19-13-23(30-37-19)28(33)21-16-29-22-15-27(35-4)26(34-3)14-20(21)22/h5-8,14-15,18-19,21,29H,9-13,16-17H2,1-4H3. The van der Waals surface area contributed by atoms with Gasteiger partial charge >= 0.3 is 0 Å². The van der Waals surface area contributed by atoms with Crippen LogP contribution in [0.5, 0.6) is 17.2 Å². The third kappa shape index (κ3) is 5.32. The molecule has 3 aliphatic heterocycles. The second kappa shape index (κ2) is 10.9. The summed E-state index contributed by atoms with van der Waals surface area (Å²) in [5.41, 5.74) is 3.46. The molecule has 1 saturated heterocycles. The molecule has 3 aliphatic rings. The van der Waals surface area contributed by atoms with E-state index in [4.69, 9.17) is 19.0 Å². The number of anilines is 2. The van der Waals surface area contributed by atoms with Crippen molar-refractivity contribution >= 4 is 22.9 Å². The number of oxime groups is 1. The molecule has 0 spiro atoms. The highest BCUT2D eigenvalue weighted by molar-refractivity contribution is 6.42. The summed E-state index contributed by atoms with van der Waals surface area (Å²) in [6.07, 6.45) is 0.557. The Kier molecular flexibility index (Phi) is 7.41. The molecule has 1 fully saturated rings. The van der Waals surface area contributed by atoms with Crippen LogP contribution in [0.3, 0.4) is 0 Å². The number of piperazine rings is 1. The maximum Gasteiger partial charge on any atom is 0.189 e. The van der Waals surface area contributed by atoms with E-state index in [1.165, 1.54) is 0 Å². The first-order valence-electron chi connectivity index (χ1n) is 13.0. The summed E-state index contributed by atoms with van der Waals surface area (Å²) in [6.45, 7) is 9.03. The first-order chi connectivity index (χ1) is 18.0. The largest absolute Gasteiger partial charge is 0.493 e.